The molecule has 2 nitrogen and oxygen atoms in total. The molecule has 0 unspecified atom stereocenters. The van der Waals surface area contributed by atoms with Crippen molar-refractivity contribution in [2.75, 3.05) is 6.61 Å². The number of unbranched alkanes of at least 4 members (excludes halogenated alkanes) is 18. The normalized spacial score (nSPS) is 11.4. The predicted molar refractivity (Wildman–Crippen MR) is 161 cm³/mol. The largest absolute Gasteiger partial charge is 0.298 e. The van der Waals surface area contributed by atoms with Crippen LogP contribution in [0.25, 0.3) is 0 Å². The van der Waals surface area contributed by atoms with Gasteiger partial charge in [0.25, 0.3) is 0 Å². The number of hydrogen-bond donors (Lipinski definition) is 0. The molecule has 0 spiro atoms. The van der Waals surface area contributed by atoms with E-state index in [1.54, 1.807) is 0 Å². The molecule has 0 amide bonds. The molecule has 0 radical (unpaired) electrons. The van der Waals surface area contributed by atoms with Crippen LogP contribution in [0, 0.1) is 0 Å². The lowest BCUT2D eigenvalue weighted by Crippen LogP contribution is -2.23. The van der Waals surface area contributed by atoms with Crippen molar-refractivity contribution >= 4 is 0 Å². The maximum absolute atomic E-state index is 6.22. The van der Waals surface area contributed by atoms with E-state index in [0.717, 1.165) is 26.1 Å². The van der Waals surface area contributed by atoms with E-state index in [4.69, 9.17) is 4.84 Å². The quantitative estimate of drug-likeness (QED) is 0.0978. The maximum Gasteiger partial charge on any atom is 0.0685 e. The molecule has 0 N–H and O–H groups in total. The van der Waals surface area contributed by atoms with Crippen molar-refractivity contribution in [3.63, 3.8) is 0 Å². The van der Waals surface area contributed by atoms with Crippen LogP contribution in [0.5, 0.6) is 0 Å². The first-order chi connectivity index (χ1) is 18.4. The minimum atomic E-state index is 0.818. The molecule has 2 rings (SSSR count). The molecule has 208 valence electrons. The van der Waals surface area contributed by atoms with E-state index in [2.05, 4.69) is 72.7 Å². The van der Waals surface area contributed by atoms with Gasteiger partial charge in [-0.2, -0.15) is 5.06 Å². The predicted octanol–water partition coefficient (Wildman–Crippen LogP) is 11.1. The average molecular weight is 508 g/mol. The Hall–Kier alpha value is -1.64. The number of rotatable bonds is 25. The Morgan fingerprint density at radius 2 is 0.757 bits per heavy atom. The Morgan fingerprint density at radius 1 is 0.432 bits per heavy atom. The SMILES string of the molecule is CCCCCCCCCCCCCCCCCCCCCON(Cc1ccccc1)Cc1ccccc1. The summed E-state index contributed by atoms with van der Waals surface area (Å²) in [6, 6.07) is 21.3. The standard InChI is InChI=1S/C35H57NO/c1-2-3-4-5-6-7-8-9-10-11-12-13-14-15-16-17-18-19-26-31-37-36(32-34-27-22-20-23-28-34)33-35-29-24-21-25-30-35/h20-25,27-30H,2-19,26,31-33H2,1H3. The zero-order valence-corrected chi connectivity index (χ0v) is 24.2. The van der Waals surface area contributed by atoms with Gasteiger partial charge in [0, 0.05) is 13.1 Å². The van der Waals surface area contributed by atoms with Crippen molar-refractivity contribution in [3.8, 4) is 0 Å². The fraction of sp³-hybridized carbons (Fsp3) is 0.657. The molecule has 0 fully saturated rings. The van der Waals surface area contributed by atoms with Gasteiger partial charge >= 0.3 is 0 Å². The molecule has 0 aliphatic carbocycles. The van der Waals surface area contributed by atoms with Crippen molar-refractivity contribution in [2.45, 2.75) is 142 Å². The van der Waals surface area contributed by atoms with Crippen LogP contribution in [-0.2, 0) is 17.9 Å². The molecule has 0 saturated carbocycles. The Kier molecular flexibility index (Phi) is 20.0. The van der Waals surface area contributed by atoms with Gasteiger partial charge in [-0.05, 0) is 17.5 Å². The molecule has 0 aliphatic heterocycles. The van der Waals surface area contributed by atoms with E-state index in [-0.39, 0.29) is 0 Å². The van der Waals surface area contributed by atoms with Gasteiger partial charge in [-0.3, -0.25) is 4.84 Å². The van der Waals surface area contributed by atoms with E-state index in [1.807, 2.05) is 0 Å². The lowest BCUT2D eigenvalue weighted by molar-refractivity contribution is -0.175. The van der Waals surface area contributed by atoms with Crippen LogP contribution in [0.4, 0.5) is 0 Å². The highest BCUT2D eigenvalue weighted by Crippen LogP contribution is 2.15. The minimum Gasteiger partial charge on any atom is -0.298 e. The highest BCUT2D eigenvalue weighted by molar-refractivity contribution is 5.16. The molecule has 2 aromatic carbocycles. The lowest BCUT2D eigenvalue weighted by Gasteiger charge is -2.22. The van der Waals surface area contributed by atoms with Gasteiger partial charge in [0.1, 0.15) is 0 Å². The summed E-state index contributed by atoms with van der Waals surface area (Å²) >= 11 is 0. The zero-order valence-electron chi connectivity index (χ0n) is 24.2. The lowest BCUT2D eigenvalue weighted by atomic mass is 10.0. The summed E-state index contributed by atoms with van der Waals surface area (Å²) in [6.45, 7) is 4.77. The van der Waals surface area contributed by atoms with E-state index in [0.29, 0.717) is 0 Å². The van der Waals surface area contributed by atoms with Crippen LogP contribution >= 0.6 is 0 Å². The molecule has 0 aromatic heterocycles. The summed E-state index contributed by atoms with van der Waals surface area (Å²) in [5.74, 6) is 0. The van der Waals surface area contributed by atoms with Gasteiger partial charge < -0.3 is 0 Å². The Labute approximate surface area is 230 Å². The Morgan fingerprint density at radius 3 is 1.11 bits per heavy atom. The van der Waals surface area contributed by atoms with Gasteiger partial charge in [0.05, 0.1) is 6.61 Å². The van der Waals surface area contributed by atoms with Crippen LogP contribution in [0.1, 0.15) is 140 Å². The number of benzene rings is 2. The van der Waals surface area contributed by atoms with Crippen LogP contribution in [0.15, 0.2) is 60.7 Å². The fourth-order valence-electron chi connectivity index (χ4n) is 5.10. The van der Waals surface area contributed by atoms with Crippen LogP contribution in [0.2, 0.25) is 0 Å². The van der Waals surface area contributed by atoms with Crippen molar-refractivity contribution in [1.82, 2.24) is 5.06 Å². The van der Waals surface area contributed by atoms with E-state index < -0.39 is 0 Å². The van der Waals surface area contributed by atoms with Crippen molar-refractivity contribution in [1.29, 1.82) is 0 Å². The van der Waals surface area contributed by atoms with Gasteiger partial charge in [0.2, 0.25) is 0 Å². The smallest absolute Gasteiger partial charge is 0.0685 e. The van der Waals surface area contributed by atoms with E-state index in [9.17, 15) is 0 Å². The van der Waals surface area contributed by atoms with Crippen molar-refractivity contribution < 1.29 is 4.84 Å². The third-order valence-corrected chi connectivity index (χ3v) is 7.43. The van der Waals surface area contributed by atoms with Gasteiger partial charge in [-0.15, -0.1) is 0 Å². The molecular weight excluding hydrogens is 450 g/mol. The van der Waals surface area contributed by atoms with Crippen molar-refractivity contribution in [3.05, 3.63) is 71.8 Å². The highest BCUT2D eigenvalue weighted by Gasteiger charge is 2.08. The zero-order chi connectivity index (χ0) is 26.1. The third kappa shape index (κ3) is 18.3. The summed E-state index contributed by atoms with van der Waals surface area (Å²) in [5, 5.41) is 2.12. The molecule has 37 heavy (non-hydrogen) atoms. The number of hydroxylamine groups is 2. The molecular formula is C35H57NO. The summed E-state index contributed by atoms with van der Waals surface area (Å²) in [6.07, 6.45) is 26.8. The third-order valence-electron chi connectivity index (χ3n) is 7.43. The van der Waals surface area contributed by atoms with E-state index in [1.165, 1.54) is 127 Å². The summed E-state index contributed by atoms with van der Waals surface area (Å²) in [5.41, 5.74) is 2.60. The Balaban J connectivity index is 1.38. The van der Waals surface area contributed by atoms with Gasteiger partial charge in [-0.25, -0.2) is 0 Å². The van der Waals surface area contributed by atoms with Crippen LogP contribution < -0.4 is 0 Å². The fourth-order valence-corrected chi connectivity index (χ4v) is 5.10. The molecule has 0 bridgehead atoms. The van der Waals surface area contributed by atoms with Crippen LogP contribution in [0.3, 0.4) is 0 Å². The van der Waals surface area contributed by atoms with Crippen molar-refractivity contribution in [2.24, 2.45) is 0 Å². The molecule has 0 heterocycles. The second kappa shape index (κ2) is 23.5. The van der Waals surface area contributed by atoms with Gasteiger partial charge in [0.15, 0.2) is 0 Å². The topological polar surface area (TPSA) is 12.5 Å². The Bertz CT molecular complexity index is 675. The minimum absolute atomic E-state index is 0.818. The average Bonchev–Trinajstić information content (AvgIpc) is 2.93. The molecule has 0 aliphatic rings. The van der Waals surface area contributed by atoms with Crippen LogP contribution in [-0.4, -0.2) is 11.7 Å². The monoisotopic (exact) mass is 507 g/mol. The maximum atomic E-state index is 6.22. The molecule has 0 atom stereocenters. The summed E-state index contributed by atoms with van der Waals surface area (Å²) < 4.78 is 0. The summed E-state index contributed by atoms with van der Waals surface area (Å²) in [7, 11) is 0. The summed E-state index contributed by atoms with van der Waals surface area (Å²) in [4.78, 5) is 6.22. The highest BCUT2D eigenvalue weighted by atomic mass is 16.7. The number of hydrogen-bond acceptors (Lipinski definition) is 2. The molecule has 2 heteroatoms. The van der Waals surface area contributed by atoms with E-state index >= 15 is 0 Å². The first-order valence-corrected chi connectivity index (χ1v) is 15.8. The molecule has 2 aromatic rings. The first kappa shape index (κ1) is 31.6. The molecule has 0 saturated heterocycles. The van der Waals surface area contributed by atoms with Gasteiger partial charge in [-0.1, -0.05) is 183 Å². The number of nitrogens with zero attached hydrogens (tertiary/aromatic N) is 1. The first-order valence-electron chi connectivity index (χ1n) is 15.8. The second-order valence-electron chi connectivity index (χ2n) is 11.0. The second-order valence-corrected chi connectivity index (χ2v) is 11.0.